The highest BCUT2D eigenvalue weighted by Crippen LogP contribution is 2.35. The number of benzene rings is 1. The smallest absolute Gasteiger partial charge is 0.228 e. The molecule has 1 aromatic rings. The van der Waals surface area contributed by atoms with Gasteiger partial charge in [-0.05, 0) is 23.8 Å². The first-order valence-electron chi connectivity index (χ1n) is 8.67. The summed E-state index contributed by atoms with van der Waals surface area (Å²) in [6.07, 6.45) is 2.71. The first-order valence-corrected chi connectivity index (χ1v) is 9.55. The molecular formula is C19H23N3OS. The molecule has 5 heteroatoms. The van der Waals surface area contributed by atoms with E-state index in [4.69, 9.17) is 0 Å². The Hall–Kier alpha value is -1.75. The van der Waals surface area contributed by atoms with Crippen molar-refractivity contribution in [3.63, 3.8) is 0 Å². The molecule has 0 unspecified atom stereocenters. The van der Waals surface area contributed by atoms with E-state index >= 15 is 0 Å². The average Bonchev–Trinajstić information content (AvgIpc) is 3.21. The molecule has 1 saturated heterocycles. The number of rotatable bonds is 3. The van der Waals surface area contributed by atoms with E-state index in [1.54, 1.807) is 11.8 Å². The van der Waals surface area contributed by atoms with Gasteiger partial charge in [0.05, 0.1) is 13.0 Å². The molecule has 3 aliphatic heterocycles. The number of carbonyl (C=O) groups excluding carboxylic acids is 1. The molecule has 1 amide bonds. The van der Waals surface area contributed by atoms with Gasteiger partial charge >= 0.3 is 0 Å². The SMILES string of the molecule is C[C@@]1(c2ccccc2)CCCN(C(=O)CC2=CSC3=NCCN23)C1. The third kappa shape index (κ3) is 2.86. The molecule has 4 nitrogen and oxygen atoms in total. The Labute approximate surface area is 147 Å². The van der Waals surface area contributed by atoms with Gasteiger partial charge in [-0.2, -0.15) is 0 Å². The van der Waals surface area contributed by atoms with Crippen LogP contribution in [0.5, 0.6) is 0 Å². The predicted molar refractivity (Wildman–Crippen MR) is 98.9 cm³/mol. The maximum atomic E-state index is 12.9. The Morgan fingerprint density at radius 3 is 2.96 bits per heavy atom. The number of hydrogen-bond donors (Lipinski definition) is 0. The van der Waals surface area contributed by atoms with Crippen molar-refractivity contribution in [2.24, 2.45) is 4.99 Å². The second kappa shape index (κ2) is 6.28. The topological polar surface area (TPSA) is 35.9 Å². The summed E-state index contributed by atoms with van der Waals surface area (Å²) < 4.78 is 0. The minimum atomic E-state index is 0.0637. The van der Waals surface area contributed by atoms with E-state index in [0.717, 1.165) is 49.9 Å². The van der Waals surface area contributed by atoms with Crippen LogP contribution in [0.15, 0.2) is 46.4 Å². The van der Waals surface area contributed by atoms with E-state index in [0.29, 0.717) is 6.42 Å². The van der Waals surface area contributed by atoms with Crippen LogP contribution in [0, 0.1) is 0 Å². The van der Waals surface area contributed by atoms with Crippen molar-refractivity contribution < 1.29 is 4.79 Å². The van der Waals surface area contributed by atoms with Crippen molar-refractivity contribution in [2.75, 3.05) is 26.2 Å². The molecule has 0 aromatic heterocycles. The highest BCUT2D eigenvalue weighted by molar-refractivity contribution is 8.16. The van der Waals surface area contributed by atoms with E-state index in [9.17, 15) is 4.79 Å². The van der Waals surface area contributed by atoms with E-state index < -0.39 is 0 Å². The molecule has 1 aromatic carbocycles. The van der Waals surface area contributed by atoms with Gasteiger partial charge in [0, 0.05) is 30.7 Å². The number of thioether (sulfide) groups is 1. The molecule has 0 N–H and O–H groups in total. The van der Waals surface area contributed by atoms with Crippen molar-refractivity contribution in [3.05, 3.63) is 47.0 Å². The van der Waals surface area contributed by atoms with Crippen LogP contribution < -0.4 is 0 Å². The molecule has 0 bridgehead atoms. The lowest BCUT2D eigenvalue weighted by molar-refractivity contribution is -0.132. The molecule has 126 valence electrons. The van der Waals surface area contributed by atoms with E-state index in [1.807, 2.05) is 0 Å². The summed E-state index contributed by atoms with van der Waals surface area (Å²) in [6, 6.07) is 10.6. The van der Waals surface area contributed by atoms with Crippen LogP contribution in [-0.4, -0.2) is 47.1 Å². The number of piperidine rings is 1. The summed E-state index contributed by atoms with van der Waals surface area (Å²) in [5.41, 5.74) is 2.52. The molecule has 0 aliphatic carbocycles. The highest BCUT2D eigenvalue weighted by Gasteiger charge is 2.35. The molecule has 1 fully saturated rings. The first kappa shape index (κ1) is 15.8. The van der Waals surface area contributed by atoms with Crippen LogP contribution in [0.3, 0.4) is 0 Å². The second-order valence-corrected chi connectivity index (χ2v) is 7.90. The van der Waals surface area contributed by atoms with Crippen LogP contribution in [0.2, 0.25) is 0 Å². The van der Waals surface area contributed by atoms with Crippen molar-refractivity contribution in [1.29, 1.82) is 0 Å². The molecular weight excluding hydrogens is 318 g/mol. The summed E-state index contributed by atoms with van der Waals surface area (Å²) in [7, 11) is 0. The Bertz CT molecular complexity index is 700. The second-order valence-electron chi connectivity index (χ2n) is 7.07. The summed E-state index contributed by atoms with van der Waals surface area (Å²) in [5, 5.41) is 3.15. The molecule has 1 atom stereocenters. The van der Waals surface area contributed by atoms with Gasteiger partial charge < -0.3 is 9.80 Å². The van der Waals surface area contributed by atoms with Gasteiger partial charge in [-0.15, -0.1) is 0 Å². The van der Waals surface area contributed by atoms with Crippen molar-refractivity contribution >= 4 is 22.8 Å². The Morgan fingerprint density at radius 2 is 2.12 bits per heavy atom. The van der Waals surface area contributed by atoms with Gasteiger partial charge in [0.15, 0.2) is 5.17 Å². The maximum absolute atomic E-state index is 12.9. The van der Waals surface area contributed by atoms with Crippen molar-refractivity contribution in [1.82, 2.24) is 9.80 Å². The molecule has 3 heterocycles. The van der Waals surface area contributed by atoms with Gasteiger partial charge in [-0.1, -0.05) is 49.0 Å². The number of nitrogens with zero attached hydrogens (tertiary/aromatic N) is 3. The fourth-order valence-corrected chi connectivity index (χ4v) is 4.86. The van der Waals surface area contributed by atoms with Crippen LogP contribution in [0.1, 0.15) is 31.7 Å². The first-order chi connectivity index (χ1) is 11.7. The van der Waals surface area contributed by atoms with Gasteiger partial charge in [0.2, 0.25) is 5.91 Å². The molecule has 0 spiro atoms. The van der Waals surface area contributed by atoms with E-state index in [1.165, 1.54) is 5.56 Å². The van der Waals surface area contributed by atoms with Gasteiger partial charge in [0.1, 0.15) is 0 Å². The Kier molecular flexibility index (Phi) is 4.12. The lowest BCUT2D eigenvalue weighted by atomic mass is 9.76. The largest absolute Gasteiger partial charge is 0.341 e. The number of aliphatic imine (C=N–C) groups is 1. The van der Waals surface area contributed by atoms with Crippen LogP contribution in [0.25, 0.3) is 0 Å². The lowest BCUT2D eigenvalue weighted by Gasteiger charge is -2.41. The number of carbonyl (C=O) groups is 1. The number of amidine groups is 1. The predicted octanol–water partition coefficient (Wildman–Crippen LogP) is 3.22. The minimum Gasteiger partial charge on any atom is -0.341 e. The standard InChI is InChI=1S/C19H23N3OS/c1-19(15-6-3-2-4-7-15)8-5-10-21(14-19)17(23)12-16-13-24-18-20-9-11-22(16)18/h2-4,6-7,13H,5,8-12,14H2,1H3/t19-/m1/s1. The Balaban J connectivity index is 1.44. The Morgan fingerprint density at radius 1 is 1.29 bits per heavy atom. The zero-order valence-corrected chi connectivity index (χ0v) is 14.9. The zero-order valence-electron chi connectivity index (χ0n) is 14.1. The normalized spacial score (nSPS) is 26.2. The molecule has 0 radical (unpaired) electrons. The fraction of sp³-hybridized carbons (Fsp3) is 0.474. The molecule has 24 heavy (non-hydrogen) atoms. The van der Waals surface area contributed by atoms with E-state index in [2.05, 4.69) is 57.5 Å². The summed E-state index contributed by atoms with van der Waals surface area (Å²) in [6.45, 7) is 5.75. The molecule has 0 saturated carbocycles. The summed E-state index contributed by atoms with van der Waals surface area (Å²) >= 11 is 1.65. The third-order valence-corrected chi connectivity index (χ3v) is 6.25. The van der Waals surface area contributed by atoms with Gasteiger partial charge in [-0.25, -0.2) is 0 Å². The number of hydrogen-bond acceptors (Lipinski definition) is 4. The third-order valence-electron chi connectivity index (χ3n) is 5.30. The van der Waals surface area contributed by atoms with E-state index in [-0.39, 0.29) is 11.3 Å². The van der Waals surface area contributed by atoms with Crippen molar-refractivity contribution in [2.45, 2.75) is 31.6 Å². The van der Waals surface area contributed by atoms with Crippen LogP contribution in [0.4, 0.5) is 0 Å². The summed E-state index contributed by atoms with van der Waals surface area (Å²) in [5.74, 6) is 0.247. The van der Waals surface area contributed by atoms with Gasteiger partial charge in [-0.3, -0.25) is 9.79 Å². The number of likely N-dealkylation sites (tertiary alicyclic amines) is 1. The molecule has 3 aliphatic rings. The number of fused-ring (bicyclic) bond motifs is 1. The van der Waals surface area contributed by atoms with Crippen LogP contribution in [-0.2, 0) is 10.2 Å². The summed E-state index contributed by atoms with van der Waals surface area (Å²) in [4.78, 5) is 21.6. The fourth-order valence-electron chi connectivity index (χ4n) is 3.91. The lowest BCUT2D eigenvalue weighted by Crippen LogP contribution is -2.47. The van der Waals surface area contributed by atoms with Crippen molar-refractivity contribution in [3.8, 4) is 0 Å². The quantitative estimate of drug-likeness (QED) is 0.847. The average molecular weight is 341 g/mol. The van der Waals surface area contributed by atoms with Gasteiger partial charge in [0.25, 0.3) is 0 Å². The van der Waals surface area contributed by atoms with Crippen LogP contribution >= 0.6 is 11.8 Å². The molecule has 4 rings (SSSR count). The number of amides is 1. The highest BCUT2D eigenvalue weighted by atomic mass is 32.2. The zero-order chi connectivity index (χ0) is 16.6. The monoisotopic (exact) mass is 341 g/mol. The maximum Gasteiger partial charge on any atom is 0.228 e. The minimum absolute atomic E-state index is 0.0637.